The molecule has 0 aromatic carbocycles. The molecule has 0 spiro atoms. The predicted octanol–water partition coefficient (Wildman–Crippen LogP) is 4.49. The second-order valence-electron chi connectivity index (χ2n) is 5.71. The molecule has 114 valence electrons. The molecule has 1 fully saturated rings. The van der Waals surface area contributed by atoms with Crippen molar-refractivity contribution in [3.63, 3.8) is 0 Å². The maximum absolute atomic E-state index is 6.08. The lowest BCUT2D eigenvalue weighted by molar-refractivity contribution is 0.170. The summed E-state index contributed by atoms with van der Waals surface area (Å²) in [5, 5.41) is 3.67. The molecule has 21 heavy (non-hydrogen) atoms. The van der Waals surface area contributed by atoms with Crippen LogP contribution >= 0.6 is 22.9 Å². The fraction of sp³-hybridized carbons (Fsp3) is 0.500. The standard InChI is InChI=1S/C16H20ClNO2S/c1-19-10-8-16(6-7-16)11-18-15(12-3-2-9-20-12)13-4-5-14(17)21-13/h2-5,9,15,18H,6-8,10-11H2,1H3. The molecule has 1 N–H and O–H groups in total. The first-order valence-corrected chi connectivity index (χ1v) is 8.43. The van der Waals surface area contributed by atoms with Gasteiger partial charge in [0.15, 0.2) is 0 Å². The van der Waals surface area contributed by atoms with Crippen LogP contribution in [0.1, 0.15) is 35.9 Å². The summed E-state index contributed by atoms with van der Waals surface area (Å²) >= 11 is 7.68. The Hall–Kier alpha value is -0.810. The number of ether oxygens (including phenoxy) is 1. The van der Waals surface area contributed by atoms with E-state index < -0.39 is 0 Å². The molecule has 2 aromatic heterocycles. The molecular weight excluding hydrogens is 306 g/mol. The van der Waals surface area contributed by atoms with Gasteiger partial charge < -0.3 is 14.5 Å². The second kappa shape index (κ2) is 6.53. The Morgan fingerprint density at radius 1 is 1.43 bits per heavy atom. The third-order valence-corrected chi connectivity index (χ3v) is 5.48. The van der Waals surface area contributed by atoms with Crippen molar-refractivity contribution in [3.05, 3.63) is 45.5 Å². The summed E-state index contributed by atoms with van der Waals surface area (Å²) in [7, 11) is 1.77. The SMILES string of the molecule is COCCC1(CNC(c2ccco2)c2ccc(Cl)s2)CC1. The van der Waals surface area contributed by atoms with Gasteiger partial charge in [0.25, 0.3) is 0 Å². The van der Waals surface area contributed by atoms with Crippen LogP contribution in [0, 0.1) is 5.41 Å². The lowest BCUT2D eigenvalue weighted by Gasteiger charge is -2.20. The lowest BCUT2D eigenvalue weighted by Crippen LogP contribution is -2.29. The van der Waals surface area contributed by atoms with Crippen molar-refractivity contribution in [2.75, 3.05) is 20.3 Å². The molecule has 1 unspecified atom stereocenters. The van der Waals surface area contributed by atoms with E-state index >= 15 is 0 Å². The van der Waals surface area contributed by atoms with Crippen LogP contribution in [0.3, 0.4) is 0 Å². The predicted molar refractivity (Wildman–Crippen MR) is 86.0 cm³/mol. The zero-order chi connectivity index (χ0) is 14.7. The van der Waals surface area contributed by atoms with Gasteiger partial charge in [0, 0.05) is 25.1 Å². The molecule has 2 heterocycles. The summed E-state index contributed by atoms with van der Waals surface area (Å²) in [6.45, 7) is 1.81. The normalized spacial score (nSPS) is 17.8. The zero-order valence-corrected chi connectivity index (χ0v) is 13.7. The summed E-state index contributed by atoms with van der Waals surface area (Å²) < 4.78 is 11.6. The molecule has 0 bridgehead atoms. The van der Waals surface area contributed by atoms with E-state index in [1.165, 1.54) is 17.7 Å². The Labute approximate surface area is 134 Å². The number of hydrogen-bond acceptors (Lipinski definition) is 4. The monoisotopic (exact) mass is 325 g/mol. The van der Waals surface area contributed by atoms with E-state index in [1.54, 1.807) is 24.7 Å². The number of furan rings is 1. The van der Waals surface area contributed by atoms with Crippen molar-refractivity contribution in [1.82, 2.24) is 5.32 Å². The highest BCUT2D eigenvalue weighted by Gasteiger charge is 2.42. The van der Waals surface area contributed by atoms with Gasteiger partial charge in [0.2, 0.25) is 0 Å². The van der Waals surface area contributed by atoms with Crippen LogP contribution in [0.5, 0.6) is 0 Å². The first-order chi connectivity index (χ1) is 10.2. The van der Waals surface area contributed by atoms with Gasteiger partial charge >= 0.3 is 0 Å². The molecule has 1 aliphatic rings. The third kappa shape index (κ3) is 3.69. The van der Waals surface area contributed by atoms with Crippen LogP contribution < -0.4 is 5.32 Å². The minimum Gasteiger partial charge on any atom is -0.467 e. The average molecular weight is 326 g/mol. The average Bonchev–Trinajstić information content (AvgIpc) is 2.89. The van der Waals surface area contributed by atoms with E-state index in [2.05, 4.69) is 11.4 Å². The van der Waals surface area contributed by atoms with E-state index in [9.17, 15) is 0 Å². The van der Waals surface area contributed by atoms with Crippen molar-refractivity contribution >= 4 is 22.9 Å². The summed E-state index contributed by atoms with van der Waals surface area (Å²) in [5.74, 6) is 0.941. The van der Waals surface area contributed by atoms with Gasteiger partial charge in [-0.05, 0) is 48.9 Å². The van der Waals surface area contributed by atoms with Crippen molar-refractivity contribution in [2.45, 2.75) is 25.3 Å². The van der Waals surface area contributed by atoms with E-state index in [0.717, 1.165) is 29.7 Å². The quantitative estimate of drug-likeness (QED) is 0.776. The molecule has 0 aliphatic heterocycles. The molecule has 0 saturated heterocycles. The highest BCUT2D eigenvalue weighted by molar-refractivity contribution is 7.16. The first kappa shape index (κ1) is 15.1. The molecule has 0 amide bonds. The van der Waals surface area contributed by atoms with Gasteiger partial charge in [-0.25, -0.2) is 0 Å². The Kier molecular flexibility index (Phi) is 4.69. The van der Waals surface area contributed by atoms with Crippen molar-refractivity contribution in [3.8, 4) is 0 Å². The number of halogens is 1. The number of hydrogen-bond donors (Lipinski definition) is 1. The van der Waals surface area contributed by atoms with E-state index in [4.69, 9.17) is 20.8 Å². The van der Waals surface area contributed by atoms with Crippen LogP contribution in [-0.4, -0.2) is 20.3 Å². The van der Waals surface area contributed by atoms with Crippen LogP contribution in [0.2, 0.25) is 4.34 Å². The number of methoxy groups -OCH3 is 1. The van der Waals surface area contributed by atoms with E-state index in [1.807, 2.05) is 18.2 Å². The summed E-state index contributed by atoms with van der Waals surface area (Å²) in [4.78, 5) is 1.19. The molecular formula is C16H20ClNO2S. The molecule has 0 radical (unpaired) electrons. The minimum absolute atomic E-state index is 0.0810. The van der Waals surface area contributed by atoms with Crippen molar-refractivity contribution in [2.24, 2.45) is 5.41 Å². The summed E-state index contributed by atoms with van der Waals surface area (Å²) in [5.41, 5.74) is 0.405. The molecule has 5 heteroatoms. The maximum Gasteiger partial charge on any atom is 0.126 e. The van der Waals surface area contributed by atoms with Crippen molar-refractivity contribution in [1.29, 1.82) is 0 Å². The number of thiophene rings is 1. The van der Waals surface area contributed by atoms with Crippen LogP contribution in [-0.2, 0) is 4.74 Å². The molecule has 1 aliphatic carbocycles. The fourth-order valence-corrected chi connectivity index (χ4v) is 3.75. The Morgan fingerprint density at radius 2 is 2.29 bits per heavy atom. The Bertz CT molecular complexity index is 563. The molecule has 3 nitrogen and oxygen atoms in total. The largest absolute Gasteiger partial charge is 0.467 e. The van der Waals surface area contributed by atoms with Crippen LogP contribution in [0.4, 0.5) is 0 Å². The van der Waals surface area contributed by atoms with Gasteiger partial charge in [0.1, 0.15) is 11.8 Å². The van der Waals surface area contributed by atoms with Gasteiger partial charge in [0.05, 0.1) is 10.6 Å². The van der Waals surface area contributed by atoms with E-state index in [0.29, 0.717) is 5.41 Å². The fourth-order valence-electron chi connectivity index (χ4n) is 2.61. The first-order valence-electron chi connectivity index (χ1n) is 7.23. The van der Waals surface area contributed by atoms with Crippen LogP contribution in [0.25, 0.3) is 0 Å². The summed E-state index contributed by atoms with van der Waals surface area (Å²) in [6, 6.07) is 8.04. The van der Waals surface area contributed by atoms with Gasteiger partial charge in [-0.1, -0.05) is 11.6 Å². The van der Waals surface area contributed by atoms with E-state index in [-0.39, 0.29) is 6.04 Å². The van der Waals surface area contributed by atoms with Gasteiger partial charge in [-0.15, -0.1) is 11.3 Å². The Balaban J connectivity index is 1.69. The molecule has 1 saturated carbocycles. The van der Waals surface area contributed by atoms with Gasteiger partial charge in [-0.2, -0.15) is 0 Å². The minimum atomic E-state index is 0.0810. The highest BCUT2D eigenvalue weighted by Crippen LogP contribution is 2.48. The van der Waals surface area contributed by atoms with Gasteiger partial charge in [-0.3, -0.25) is 0 Å². The second-order valence-corrected chi connectivity index (χ2v) is 7.46. The zero-order valence-electron chi connectivity index (χ0n) is 12.1. The number of nitrogens with one attached hydrogen (secondary N) is 1. The van der Waals surface area contributed by atoms with Crippen molar-refractivity contribution < 1.29 is 9.15 Å². The molecule has 1 atom stereocenters. The number of rotatable bonds is 8. The van der Waals surface area contributed by atoms with Crippen LogP contribution in [0.15, 0.2) is 34.9 Å². The Morgan fingerprint density at radius 3 is 2.86 bits per heavy atom. The smallest absolute Gasteiger partial charge is 0.126 e. The molecule has 2 aromatic rings. The summed E-state index contributed by atoms with van der Waals surface area (Å²) in [6.07, 6.45) is 5.39. The topological polar surface area (TPSA) is 34.4 Å². The molecule has 3 rings (SSSR count). The third-order valence-electron chi connectivity index (χ3n) is 4.18. The lowest BCUT2D eigenvalue weighted by atomic mass is 10.0. The highest BCUT2D eigenvalue weighted by atomic mass is 35.5. The maximum atomic E-state index is 6.08.